The van der Waals surface area contributed by atoms with E-state index >= 15 is 0 Å². The first-order chi connectivity index (χ1) is 9.28. The number of rotatable bonds is 8. The number of hydrogen-bond donors (Lipinski definition) is 1. The summed E-state index contributed by atoms with van der Waals surface area (Å²) < 4.78 is 0. The maximum Gasteiger partial charge on any atom is 0.0110 e. The fourth-order valence-corrected chi connectivity index (χ4v) is 3.01. The fraction of sp³-hybridized carbons (Fsp3) is 1.00. The number of nitrogens with one attached hydrogen (secondary N) is 1. The van der Waals surface area contributed by atoms with Gasteiger partial charge in [-0.2, -0.15) is 0 Å². The van der Waals surface area contributed by atoms with Gasteiger partial charge in [0.2, 0.25) is 0 Å². The van der Waals surface area contributed by atoms with Gasteiger partial charge in [0.05, 0.1) is 0 Å². The summed E-state index contributed by atoms with van der Waals surface area (Å²) in [5.74, 6) is 1.53. The van der Waals surface area contributed by atoms with Crippen molar-refractivity contribution in [1.82, 2.24) is 15.1 Å². The Balaban J connectivity index is 2.24. The minimum Gasteiger partial charge on any atom is -0.316 e. The molecule has 0 amide bonds. The predicted molar refractivity (Wildman–Crippen MR) is 89.2 cm³/mol. The van der Waals surface area contributed by atoms with Gasteiger partial charge in [-0.05, 0) is 23.8 Å². The molecule has 1 saturated heterocycles. The van der Waals surface area contributed by atoms with Crippen molar-refractivity contribution in [2.24, 2.45) is 17.3 Å². The minimum atomic E-state index is 0.370. The van der Waals surface area contributed by atoms with E-state index in [2.05, 4.69) is 56.7 Å². The molecule has 0 bridgehead atoms. The summed E-state index contributed by atoms with van der Waals surface area (Å²) in [6.07, 6.45) is 0. The second-order valence-corrected chi connectivity index (χ2v) is 8.16. The van der Waals surface area contributed by atoms with Gasteiger partial charge in [-0.1, -0.05) is 41.5 Å². The molecule has 20 heavy (non-hydrogen) atoms. The van der Waals surface area contributed by atoms with Crippen LogP contribution in [0.2, 0.25) is 0 Å². The van der Waals surface area contributed by atoms with Gasteiger partial charge in [-0.15, -0.1) is 0 Å². The highest BCUT2D eigenvalue weighted by atomic mass is 15.3. The Hall–Kier alpha value is -0.120. The Kier molecular flexibility index (Phi) is 7.49. The van der Waals surface area contributed by atoms with Crippen molar-refractivity contribution in [3.63, 3.8) is 0 Å². The lowest BCUT2D eigenvalue weighted by Crippen LogP contribution is -2.51. The van der Waals surface area contributed by atoms with Gasteiger partial charge in [-0.25, -0.2) is 0 Å². The van der Waals surface area contributed by atoms with Gasteiger partial charge in [0.1, 0.15) is 0 Å². The summed E-state index contributed by atoms with van der Waals surface area (Å²) in [5.41, 5.74) is 0.370. The van der Waals surface area contributed by atoms with E-state index in [0.717, 1.165) is 24.9 Å². The largest absolute Gasteiger partial charge is 0.316 e. The molecule has 0 aromatic heterocycles. The van der Waals surface area contributed by atoms with E-state index in [0.29, 0.717) is 5.41 Å². The summed E-state index contributed by atoms with van der Waals surface area (Å²) in [5, 5.41) is 3.61. The normalized spacial score (nSPS) is 19.2. The summed E-state index contributed by atoms with van der Waals surface area (Å²) in [4.78, 5) is 5.26. The molecule has 0 radical (unpaired) electrons. The summed E-state index contributed by atoms with van der Waals surface area (Å²) in [7, 11) is 0. The number of piperazine rings is 1. The van der Waals surface area contributed by atoms with E-state index in [4.69, 9.17) is 0 Å². The first-order valence-electron chi connectivity index (χ1n) is 8.44. The van der Waals surface area contributed by atoms with Gasteiger partial charge >= 0.3 is 0 Å². The molecule has 3 heteroatoms. The lowest BCUT2D eigenvalue weighted by molar-refractivity contribution is 0.0898. The molecule has 0 aromatic rings. The molecule has 1 rings (SSSR count). The Bertz CT molecular complexity index is 253. The van der Waals surface area contributed by atoms with Crippen LogP contribution in [-0.2, 0) is 0 Å². The summed E-state index contributed by atoms with van der Waals surface area (Å²) in [6, 6.07) is 0. The maximum absolute atomic E-state index is 3.61. The smallest absolute Gasteiger partial charge is 0.0110 e. The Labute approximate surface area is 127 Å². The topological polar surface area (TPSA) is 18.5 Å². The number of hydrogen-bond acceptors (Lipinski definition) is 3. The van der Waals surface area contributed by atoms with E-state index in [-0.39, 0.29) is 0 Å². The van der Waals surface area contributed by atoms with Gasteiger partial charge in [-0.3, -0.25) is 0 Å². The summed E-state index contributed by atoms with van der Waals surface area (Å²) >= 11 is 0. The number of nitrogens with zero attached hydrogens (tertiary/aromatic N) is 2. The standard InChI is InChI=1S/C17H37N3/c1-15(2)11-18-13-17(5,6)14-20-9-7-19(8-10-20)12-16(3)4/h15-16,18H,7-14H2,1-6H3. The van der Waals surface area contributed by atoms with Gasteiger partial charge in [0, 0.05) is 45.8 Å². The quantitative estimate of drug-likeness (QED) is 0.738. The second kappa shape index (κ2) is 8.35. The van der Waals surface area contributed by atoms with Crippen LogP contribution in [0.3, 0.4) is 0 Å². The first-order valence-corrected chi connectivity index (χ1v) is 8.44. The predicted octanol–water partition coefficient (Wildman–Crippen LogP) is 2.53. The third-order valence-corrected chi connectivity index (χ3v) is 3.90. The Morgan fingerprint density at radius 2 is 1.45 bits per heavy atom. The molecule has 0 atom stereocenters. The van der Waals surface area contributed by atoms with E-state index in [1.807, 2.05) is 0 Å². The van der Waals surface area contributed by atoms with Crippen molar-refractivity contribution >= 4 is 0 Å². The molecule has 1 aliphatic rings. The van der Waals surface area contributed by atoms with Crippen molar-refractivity contribution < 1.29 is 0 Å². The van der Waals surface area contributed by atoms with Crippen molar-refractivity contribution in [2.45, 2.75) is 41.5 Å². The lowest BCUT2D eigenvalue weighted by atomic mass is 9.92. The molecule has 0 aliphatic carbocycles. The molecular weight excluding hydrogens is 246 g/mol. The van der Waals surface area contributed by atoms with Crippen molar-refractivity contribution in [3.8, 4) is 0 Å². The van der Waals surface area contributed by atoms with Crippen molar-refractivity contribution in [3.05, 3.63) is 0 Å². The SMILES string of the molecule is CC(C)CNCC(C)(C)CN1CCN(CC(C)C)CC1. The monoisotopic (exact) mass is 283 g/mol. The first kappa shape index (κ1) is 17.9. The highest BCUT2D eigenvalue weighted by Crippen LogP contribution is 2.17. The van der Waals surface area contributed by atoms with Crippen LogP contribution in [0, 0.1) is 17.3 Å². The van der Waals surface area contributed by atoms with Gasteiger partial charge in [0.25, 0.3) is 0 Å². The zero-order valence-electron chi connectivity index (χ0n) is 14.7. The van der Waals surface area contributed by atoms with Gasteiger partial charge < -0.3 is 15.1 Å². The molecule has 1 heterocycles. The lowest BCUT2D eigenvalue weighted by Gasteiger charge is -2.39. The van der Waals surface area contributed by atoms with Crippen LogP contribution >= 0.6 is 0 Å². The molecule has 1 N–H and O–H groups in total. The molecule has 3 nitrogen and oxygen atoms in total. The molecule has 0 saturated carbocycles. The molecule has 1 aliphatic heterocycles. The van der Waals surface area contributed by atoms with Crippen molar-refractivity contribution in [2.75, 3.05) is 52.4 Å². The van der Waals surface area contributed by atoms with Crippen LogP contribution in [-0.4, -0.2) is 62.2 Å². The molecule has 0 unspecified atom stereocenters. The fourth-order valence-electron chi connectivity index (χ4n) is 3.01. The average Bonchev–Trinajstić information content (AvgIpc) is 2.29. The molecule has 0 spiro atoms. The van der Waals surface area contributed by atoms with Crippen molar-refractivity contribution in [1.29, 1.82) is 0 Å². The van der Waals surface area contributed by atoms with E-state index < -0.39 is 0 Å². The molecule has 120 valence electrons. The third kappa shape index (κ3) is 7.61. The van der Waals surface area contributed by atoms with Crippen LogP contribution in [0.5, 0.6) is 0 Å². The van der Waals surface area contributed by atoms with E-state index in [1.165, 1.54) is 39.3 Å². The Morgan fingerprint density at radius 1 is 0.900 bits per heavy atom. The van der Waals surface area contributed by atoms with Crippen LogP contribution < -0.4 is 5.32 Å². The van der Waals surface area contributed by atoms with Crippen LogP contribution in [0.15, 0.2) is 0 Å². The van der Waals surface area contributed by atoms with Crippen LogP contribution in [0.25, 0.3) is 0 Å². The zero-order chi connectivity index (χ0) is 15.2. The highest BCUT2D eigenvalue weighted by molar-refractivity contribution is 4.80. The molecule has 0 aromatic carbocycles. The molecular formula is C17H37N3. The minimum absolute atomic E-state index is 0.370. The van der Waals surface area contributed by atoms with Crippen LogP contribution in [0.4, 0.5) is 0 Å². The van der Waals surface area contributed by atoms with Gasteiger partial charge in [0.15, 0.2) is 0 Å². The highest BCUT2D eigenvalue weighted by Gasteiger charge is 2.24. The maximum atomic E-state index is 3.61. The van der Waals surface area contributed by atoms with E-state index in [9.17, 15) is 0 Å². The van der Waals surface area contributed by atoms with Crippen LogP contribution in [0.1, 0.15) is 41.5 Å². The zero-order valence-corrected chi connectivity index (χ0v) is 14.7. The Morgan fingerprint density at radius 3 is 1.95 bits per heavy atom. The average molecular weight is 284 g/mol. The van der Waals surface area contributed by atoms with E-state index in [1.54, 1.807) is 0 Å². The summed E-state index contributed by atoms with van der Waals surface area (Å²) in [6.45, 7) is 23.6. The molecule has 1 fully saturated rings. The second-order valence-electron chi connectivity index (χ2n) is 8.16. The third-order valence-electron chi connectivity index (χ3n) is 3.90.